The molecule has 0 unspecified atom stereocenters. The van der Waals surface area contributed by atoms with E-state index in [0.29, 0.717) is 31.7 Å². The number of nitrogens with one attached hydrogen (secondary N) is 1. The summed E-state index contributed by atoms with van der Waals surface area (Å²) in [5.74, 6) is -0.508. The normalized spacial score (nSPS) is 12.1. The van der Waals surface area contributed by atoms with Crippen molar-refractivity contribution in [1.82, 2.24) is 9.62 Å². The van der Waals surface area contributed by atoms with Gasteiger partial charge in [-0.1, -0.05) is 0 Å². The molecule has 0 aliphatic carbocycles. The van der Waals surface area contributed by atoms with E-state index in [-0.39, 0.29) is 10.5 Å². The fourth-order valence-corrected chi connectivity index (χ4v) is 3.49. The van der Waals surface area contributed by atoms with E-state index >= 15 is 0 Å². The van der Waals surface area contributed by atoms with Crippen LogP contribution in [0.3, 0.4) is 0 Å². The second-order valence-electron chi connectivity index (χ2n) is 4.90. The van der Waals surface area contributed by atoms with Gasteiger partial charge >= 0.3 is 0 Å². The average Bonchev–Trinajstić information content (AvgIpc) is 2.42. The first-order chi connectivity index (χ1) is 9.84. The molecule has 21 heavy (non-hydrogen) atoms. The molecule has 5 nitrogen and oxygen atoms in total. The van der Waals surface area contributed by atoms with Crippen LogP contribution in [0.1, 0.15) is 17.5 Å². The number of halogens is 1. The van der Waals surface area contributed by atoms with Crippen molar-refractivity contribution in [2.24, 2.45) is 0 Å². The van der Waals surface area contributed by atoms with Gasteiger partial charge in [0.15, 0.2) is 0 Å². The molecule has 7 heteroatoms. The van der Waals surface area contributed by atoms with Gasteiger partial charge in [0, 0.05) is 39.4 Å². The molecule has 1 N–H and O–H groups in total. The Hall–Kier alpha value is -1.02. The average molecular weight is 318 g/mol. The van der Waals surface area contributed by atoms with Gasteiger partial charge < -0.3 is 10.1 Å². The van der Waals surface area contributed by atoms with Crippen LogP contribution in [0.2, 0.25) is 0 Å². The zero-order valence-corrected chi connectivity index (χ0v) is 13.8. The third kappa shape index (κ3) is 4.47. The quantitative estimate of drug-likeness (QED) is 0.738. The second-order valence-corrected chi connectivity index (χ2v) is 6.92. The Labute approximate surface area is 126 Å². The molecule has 1 aromatic carbocycles. The highest BCUT2D eigenvalue weighted by Gasteiger charge is 2.24. The molecule has 0 heterocycles. The van der Waals surface area contributed by atoms with E-state index in [1.807, 2.05) is 0 Å². The maximum atomic E-state index is 13.9. The lowest BCUT2D eigenvalue weighted by atomic mass is 10.1. The van der Waals surface area contributed by atoms with E-state index < -0.39 is 15.8 Å². The number of methoxy groups -OCH3 is 1. The van der Waals surface area contributed by atoms with Crippen LogP contribution in [0, 0.1) is 12.7 Å². The van der Waals surface area contributed by atoms with E-state index in [4.69, 9.17) is 4.74 Å². The molecule has 0 spiro atoms. The van der Waals surface area contributed by atoms with E-state index in [0.717, 1.165) is 0 Å². The number of hydrogen-bond acceptors (Lipinski definition) is 4. The molecule has 1 rings (SSSR count). The van der Waals surface area contributed by atoms with Crippen molar-refractivity contribution in [3.63, 3.8) is 0 Å². The van der Waals surface area contributed by atoms with Gasteiger partial charge in [0.2, 0.25) is 10.0 Å². The number of benzene rings is 1. The van der Waals surface area contributed by atoms with E-state index in [1.54, 1.807) is 14.2 Å². The van der Waals surface area contributed by atoms with Crippen molar-refractivity contribution in [3.05, 3.63) is 29.1 Å². The minimum atomic E-state index is -3.70. The van der Waals surface area contributed by atoms with Crippen LogP contribution in [0.25, 0.3) is 0 Å². The van der Waals surface area contributed by atoms with Gasteiger partial charge in [0.1, 0.15) is 5.82 Å². The predicted molar refractivity (Wildman–Crippen MR) is 80.2 cm³/mol. The summed E-state index contributed by atoms with van der Waals surface area (Å²) in [4.78, 5) is 0.0210. The smallest absolute Gasteiger partial charge is 0.243 e. The van der Waals surface area contributed by atoms with E-state index in [2.05, 4.69) is 5.32 Å². The minimum absolute atomic E-state index is 0.0210. The lowest BCUT2D eigenvalue weighted by Crippen LogP contribution is -2.29. The van der Waals surface area contributed by atoms with Crippen LogP contribution >= 0.6 is 0 Å². The lowest BCUT2D eigenvalue weighted by molar-refractivity contribution is 0.189. The van der Waals surface area contributed by atoms with Gasteiger partial charge in [-0.2, -0.15) is 0 Å². The summed E-state index contributed by atoms with van der Waals surface area (Å²) in [6, 6.07) is 2.88. The molecule has 0 aliphatic heterocycles. The number of nitrogens with zero attached hydrogens (tertiary/aromatic N) is 1. The SMILES string of the molecule is CNCc1cc(F)c(C)c(S(=O)(=O)N(C)CCCOC)c1. The predicted octanol–water partition coefficient (Wildman–Crippen LogP) is 1.51. The van der Waals surface area contributed by atoms with Crippen LogP contribution in [0.5, 0.6) is 0 Å². The van der Waals surface area contributed by atoms with Gasteiger partial charge in [0.25, 0.3) is 0 Å². The summed E-state index contributed by atoms with van der Waals surface area (Å²) in [7, 11) is 1.08. The second kappa shape index (κ2) is 7.84. The first kappa shape index (κ1) is 18.0. The fraction of sp³-hybridized carbons (Fsp3) is 0.571. The highest BCUT2D eigenvalue weighted by atomic mass is 32.2. The summed E-state index contributed by atoms with van der Waals surface area (Å²) in [5.41, 5.74) is 0.748. The molecule has 0 radical (unpaired) electrons. The molecule has 0 fully saturated rings. The van der Waals surface area contributed by atoms with Gasteiger partial charge in [-0.25, -0.2) is 17.1 Å². The van der Waals surface area contributed by atoms with Crippen LogP contribution in [0.4, 0.5) is 4.39 Å². The zero-order valence-electron chi connectivity index (χ0n) is 12.9. The van der Waals surface area contributed by atoms with Crippen molar-refractivity contribution < 1.29 is 17.5 Å². The Kier molecular flexibility index (Phi) is 6.73. The summed E-state index contributed by atoms with van der Waals surface area (Å²) >= 11 is 0. The third-order valence-corrected chi connectivity index (χ3v) is 5.23. The fourth-order valence-electron chi connectivity index (χ4n) is 2.00. The lowest BCUT2D eigenvalue weighted by Gasteiger charge is -2.19. The Morgan fingerprint density at radius 3 is 2.62 bits per heavy atom. The standard InChI is InChI=1S/C14H23FN2O3S/c1-11-13(15)8-12(10-16-2)9-14(11)21(18,19)17(3)6-5-7-20-4/h8-9,16H,5-7,10H2,1-4H3. The van der Waals surface area contributed by atoms with Gasteiger partial charge in [-0.05, 0) is 38.1 Å². The summed E-state index contributed by atoms with van der Waals surface area (Å²) in [6.07, 6.45) is 0.587. The first-order valence-electron chi connectivity index (χ1n) is 6.73. The van der Waals surface area contributed by atoms with E-state index in [1.165, 1.54) is 30.4 Å². The molecule has 0 saturated heterocycles. The van der Waals surface area contributed by atoms with Crippen LogP contribution in [0.15, 0.2) is 17.0 Å². The highest BCUT2D eigenvalue weighted by Crippen LogP contribution is 2.23. The summed E-state index contributed by atoms with van der Waals surface area (Å²) < 4.78 is 45.2. The monoisotopic (exact) mass is 318 g/mol. The molecule has 0 amide bonds. The van der Waals surface area contributed by atoms with Crippen molar-refractivity contribution in [3.8, 4) is 0 Å². The molecule has 0 atom stereocenters. The van der Waals surface area contributed by atoms with Crippen molar-refractivity contribution in [1.29, 1.82) is 0 Å². The van der Waals surface area contributed by atoms with Crippen molar-refractivity contribution >= 4 is 10.0 Å². The number of ether oxygens (including phenoxy) is 1. The molecule has 0 saturated carbocycles. The van der Waals surface area contributed by atoms with Crippen molar-refractivity contribution in [2.45, 2.75) is 24.8 Å². The van der Waals surface area contributed by atoms with Crippen LogP contribution in [-0.4, -0.2) is 47.1 Å². The Bertz CT molecular complexity index is 576. The molecule has 0 bridgehead atoms. The maximum Gasteiger partial charge on any atom is 0.243 e. The molecular weight excluding hydrogens is 295 g/mol. The molecule has 0 aliphatic rings. The summed E-state index contributed by atoms with van der Waals surface area (Å²) in [6.45, 7) is 2.70. The minimum Gasteiger partial charge on any atom is -0.385 e. The molecular formula is C14H23FN2O3S. The Balaban J connectivity index is 3.11. The van der Waals surface area contributed by atoms with Crippen LogP contribution in [-0.2, 0) is 21.3 Å². The Morgan fingerprint density at radius 2 is 2.05 bits per heavy atom. The van der Waals surface area contributed by atoms with Gasteiger partial charge in [0.05, 0.1) is 4.90 Å². The molecule has 120 valence electrons. The highest BCUT2D eigenvalue weighted by molar-refractivity contribution is 7.89. The number of sulfonamides is 1. The largest absolute Gasteiger partial charge is 0.385 e. The van der Waals surface area contributed by atoms with Gasteiger partial charge in [-0.3, -0.25) is 0 Å². The zero-order chi connectivity index (χ0) is 16.0. The Morgan fingerprint density at radius 1 is 1.38 bits per heavy atom. The first-order valence-corrected chi connectivity index (χ1v) is 8.17. The molecule has 1 aromatic rings. The summed E-state index contributed by atoms with van der Waals surface area (Å²) in [5, 5.41) is 2.89. The van der Waals surface area contributed by atoms with E-state index in [9.17, 15) is 12.8 Å². The maximum absolute atomic E-state index is 13.9. The number of hydrogen-bond donors (Lipinski definition) is 1. The molecule has 0 aromatic heterocycles. The third-order valence-electron chi connectivity index (χ3n) is 3.25. The van der Waals surface area contributed by atoms with Crippen LogP contribution < -0.4 is 5.32 Å². The van der Waals surface area contributed by atoms with Gasteiger partial charge in [-0.15, -0.1) is 0 Å². The number of rotatable bonds is 8. The topological polar surface area (TPSA) is 58.6 Å². The van der Waals surface area contributed by atoms with Crippen molar-refractivity contribution in [2.75, 3.05) is 34.4 Å².